The van der Waals surface area contributed by atoms with Crippen molar-refractivity contribution < 1.29 is 9.18 Å². The fourth-order valence-corrected chi connectivity index (χ4v) is 3.84. The molecular weight excluding hydrogens is 363 g/mol. The number of para-hydroxylation sites is 1. The molecule has 1 N–H and O–H groups in total. The van der Waals surface area contributed by atoms with Gasteiger partial charge in [-0.1, -0.05) is 21.9 Å². The number of carbonyl (C=O) groups excluding carboxylic acids is 1. The van der Waals surface area contributed by atoms with E-state index < -0.39 is 0 Å². The smallest absolute Gasteiger partial charge is 0.270 e. The molecule has 7 nitrogen and oxygen atoms in total. The first-order chi connectivity index (χ1) is 12.0. The third-order valence-electron chi connectivity index (χ3n) is 3.47. The van der Waals surface area contributed by atoms with E-state index in [0.717, 1.165) is 11.5 Å². The van der Waals surface area contributed by atoms with E-state index in [1.54, 1.807) is 32.0 Å². The Balaban J connectivity index is 1.74. The third kappa shape index (κ3) is 2.79. The first-order valence-corrected chi connectivity index (χ1v) is 8.84. The molecule has 3 aromatic heterocycles. The number of thiazole rings is 1. The molecule has 0 saturated heterocycles. The predicted octanol–water partition coefficient (Wildman–Crippen LogP) is 3.34. The van der Waals surface area contributed by atoms with Crippen molar-refractivity contribution in [2.24, 2.45) is 0 Å². The van der Waals surface area contributed by atoms with Crippen LogP contribution in [-0.2, 0) is 0 Å². The number of halogens is 1. The first-order valence-electron chi connectivity index (χ1n) is 7.25. The number of aromatic nitrogens is 5. The van der Waals surface area contributed by atoms with Crippen molar-refractivity contribution in [2.75, 3.05) is 5.32 Å². The summed E-state index contributed by atoms with van der Waals surface area (Å²) in [4.78, 5) is 17.2. The summed E-state index contributed by atoms with van der Waals surface area (Å²) >= 11 is 2.32. The van der Waals surface area contributed by atoms with Gasteiger partial charge in [0.1, 0.15) is 22.0 Å². The van der Waals surface area contributed by atoms with E-state index >= 15 is 0 Å². The summed E-state index contributed by atoms with van der Waals surface area (Å²) < 4.78 is 19.9. The van der Waals surface area contributed by atoms with E-state index in [1.807, 2.05) is 0 Å². The van der Waals surface area contributed by atoms with Crippen LogP contribution in [-0.4, -0.2) is 30.3 Å². The average Bonchev–Trinajstić information content (AvgIpc) is 3.26. The SMILES string of the molecule is Cc1cc(NC(=O)c2snnc2C)n(-c2nc3c(F)cccc3s2)n1. The van der Waals surface area contributed by atoms with Gasteiger partial charge in [0, 0.05) is 6.07 Å². The quantitative estimate of drug-likeness (QED) is 0.594. The average molecular weight is 374 g/mol. The summed E-state index contributed by atoms with van der Waals surface area (Å²) in [5.74, 6) is -0.253. The van der Waals surface area contributed by atoms with Crippen LogP contribution in [0.15, 0.2) is 24.3 Å². The number of nitrogens with one attached hydrogen (secondary N) is 1. The zero-order valence-electron chi connectivity index (χ0n) is 13.1. The zero-order chi connectivity index (χ0) is 17.6. The zero-order valence-corrected chi connectivity index (χ0v) is 14.8. The molecule has 10 heteroatoms. The third-order valence-corrected chi connectivity index (χ3v) is 5.29. The molecule has 0 fully saturated rings. The lowest BCUT2D eigenvalue weighted by molar-refractivity contribution is 0.102. The molecule has 0 saturated carbocycles. The van der Waals surface area contributed by atoms with Gasteiger partial charge in [0.15, 0.2) is 0 Å². The molecule has 1 aromatic carbocycles. The van der Waals surface area contributed by atoms with Gasteiger partial charge in [0.05, 0.1) is 16.1 Å². The topological polar surface area (TPSA) is 85.6 Å². The highest BCUT2D eigenvalue weighted by Gasteiger charge is 2.19. The van der Waals surface area contributed by atoms with Gasteiger partial charge in [0.25, 0.3) is 5.91 Å². The molecule has 4 rings (SSSR count). The van der Waals surface area contributed by atoms with Crippen molar-refractivity contribution in [1.82, 2.24) is 24.4 Å². The van der Waals surface area contributed by atoms with Crippen molar-refractivity contribution in [3.63, 3.8) is 0 Å². The van der Waals surface area contributed by atoms with Gasteiger partial charge in [-0.05, 0) is 37.5 Å². The fraction of sp³-hybridized carbons (Fsp3) is 0.133. The lowest BCUT2D eigenvalue weighted by atomic mass is 10.3. The van der Waals surface area contributed by atoms with Crippen molar-refractivity contribution in [3.8, 4) is 5.13 Å². The van der Waals surface area contributed by atoms with Crippen LogP contribution >= 0.6 is 22.9 Å². The van der Waals surface area contributed by atoms with Gasteiger partial charge in [-0.25, -0.2) is 9.37 Å². The molecule has 3 heterocycles. The van der Waals surface area contributed by atoms with Crippen molar-refractivity contribution in [3.05, 3.63) is 46.3 Å². The first kappa shape index (κ1) is 15.8. The van der Waals surface area contributed by atoms with Crippen LogP contribution in [0.5, 0.6) is 0 Å². The number of fused-ring (bicyclic) bond motifs is 1. The maximum atomic E-state index is 13.9. The van der Waals surface area contributed by atoms with Gasteiger partial charge in [-0.15, -0.1) is 5.10 Å². The molecular formula is C15H11FN6OS2. The van der Waals surface area contributed by atoms with Crippen LogP contribution in [0.4, 0.5) is 10.2 Å². The summed E-state index contributed by atoms with van der Waals surface area (Å²) in [6.45, 7) is 3.52. The molecule has 0 spiro atoms. The number of aryl methyl sites for hydroxylation is 2. The normalized spacial score (nSPS) is 11.2. The van der Waals surface area contributed by atoms with Crippen LogP contribution in [0.1, 0.15) is 21.1 Å². The van der Waals surface area contributed by atoms with Gasteiger partial charge in [-0.3, -0.25) is 4.79 Å². The minimum atomic E-state index is -0.388. The lowest BCUT2D eigenvalue weighted by Crippen LogP contribution is -2.14. The van der Waals surface area contributed by atoms with E-state index in [9.17, 15) is 9.18 Å². The Morgan fingerprint density at radius 3 is 2.88 bits per heavy atom. The second-order valence-corrected chi connectivity index (χ2v) is 7.07. The Labute approximate surface area is 149 Å². The Kier molecular flexibility index (Phi) is 3.77. The Morgan fingerprint density at radius 1 is 1.32 bits per heavy atom. The van der Waals surface area contributed by atoms with Gasteiger partial charge in [-0.2, -0.15) is 9.78 Å². The minimum absolute atomic E-state index is 0.287. The van der Waals surface area contributed by atoms with Crippen molar-refractivity contribution >= 4 is 44.8 Å². The molecule has 126 valence electrons. The van der Waals surface area contributed by atoms with E-state index in [-0.39, 0.29) is 17.2 Å². The molecule has 0 unspecified atom stereocenters. The monoisotopic (exact) mass is 374 g/mol. The van der Waals surface area contributed by atoms with Crippen molar-refractivity contribution in [2.45, 2.75) is 13.8 Å². The maximum absolute atomic E-state index is 13.9. The second kappa shape index (κ2) is 5.97. The van der Waals surface area contributed by atoms with E-state index in [1.165, 1.54) is 22.1 Å². The number of hydrogen-bond donors (Lipinski definition) is 1. The molecule has 0 bridgehead atoms. The molecule has 0 aliphatic heterocycles. The number of benzene rings is 1. The molecule has 4 aromatic rings. The second-order valence-electron chi connectivity index (χ2n) is 5.31. The number of amides is 1. The van der Waals surface area contributed by atoms with Gasteiger partial charge < -0.3 is 5.32 Å². The summed E-state index contributed by atoms with van der Waals surface area (Å²) in [5.41, 5.74) is 1.55. The summed E-state index contributed by atoms with van der Waals surface area (Å²) in [5, 5.41) is 11.5. The standard InChI is InChI=1S/C15H11FN6OS2/c1-7-6-11(17-14(23)13-8(2)19-21-25-13)22(20-7)15-18-12-9(16)4-3-5-10(12)24-15/h3-6H,1-2H3,(H,17,23). The number of carbonyl (C=O) groups is 1. The fourth-order valence-electron chi connectivity index (χ4n) is 2.34. The highest BCUT2D eigenvalue weighted by atomic mass is 32.1. The van der Waals surface area contributed by atoms with Crippen LogP contribution < -0.4 is 5.32 Å². The lowest BCUT2D eigenvalue weighted by Gasteiger charge is -2.05. The van der Waals surface area contributed by atoms with E-state index in [4.69, 9.17) is 0 Å². The molecule has 0 aliphatic carbocycles. The van der Waals surface area contributed by atoms with E-state index in [0.29, 0.717) is 31.9 Å². The summed E-state index contributed by atoms with van der Waals surface area (Å²) in [6, 6.07) is 6.52. The molecule has 0 aliphatic rings. The highest BCUT2D eigenvalue weighted by molar-refractivity contribution is 7.20. The number of rotatable bonds is 3. The molecule has 0 atom stereocenters. The van der Waals surface area contributed by atoms with Crippen LogP contribution in [0, 0.1) is 19.7 Å². The maximum Gasteiger partial charge on any atom is 0.270 e. The molecule has 1 amide bonds. The van der Waals surface area contributed by atoms with Crippen LogP contribution in [0.25, 0.3) is 15.3 Å². The highest BCUT2D eigenvalue weighted by Crippen LogP contribution is 2.29. The summed E-state index contributed by atoms with van der Waals surface area (Å²) in [6.07, 6.45) is 0. The Bertz CT molecular complexity index is 1100. The number of anilines is 1. The molecule has 0 radical (unpaired) electrons. The van der Waals surface area contributed by atoms with Gasteiger partial charge >= 0.3 is 0 Å². The number of hydrogen-bond acceptors (Lipinski definition) is 7. The van der Waals surface area contributed by atoms with E-state index in [2.05, 4.69) is 25.0 Å². The largest absolute Gasteiger partial charge is 0.306 e. The van der Waals surface area contributed by atoms with Crippen LogP contribution in [0.3, 0.4) is 0 Å². The van der Waals surface area contributed by atoms with Crippen LogP contribution in [0.2, 0.25) is 0 Å². The van der Waals surface area contributed by atoms with Gasteiger partial charge in [0.2, 0.25) is 5.13 Å². The number of nitrogens with zero attached hydrogens (tertiary/aromatic N) is 5. The Morgan fingerprint density at radius 2 is 2.16 bits per heavy atom. The predicted molar refractivity (Wildman–Crippen MR) is 94.0 cm³/mol. The Hall–Kier alpha value is -2.72. The minimum Gasteiger partial charge on any atom is -0.306 e. The summed E-state index contributed by atoms with van der Waals surface area (Å²) in [7, 11) is 0. The molecule has 25 heavy (non-hydrogen) atoms. The van der Waals surface area contributed by atoms with Crippen molar-refractivity contribution in [1.29, 1.82) is 0 Å².